The Morgan fingerprint density at radius 3 is 2.78 bits per heavy atom. The second-order valence-corrected chi connectivity index (χ2v) is 7.74. The summed E-state index contributed by atoms with van der Waals surface area (Å²) in [5.74, 6) is 0.664. The van der Waals surface area contributed by atoms with Crippen molar-refractivity contribution in [3.05, 3.63) is 16.1 Å². The molecule has 0 bridgehead atoms. The number of aryl methyl sites for hydroxylation is 1. The monoisotopic (exact) mass is 335 g/mol. The molecule has 1 aromatic rings. The highest BCUT2D eigenvalue weighted by Crippen LogP contribution is 2.29. The lowest BCUT2D eigenvalue weighted by molar-refractivity contribution is -0.139. The Hall–Kier alpha value is -1.43. The lowest BCUT2D eigenvalue weighted by atomic mass is 10.0. The number of likely N-dealkylation sites (tertiary alicyclic amines) is 1. The Morgan fingerprint density at radius 1 is 1.30 bits per heavy atom. The predicted octanol–water partition coefficient (Wildman–Crippen LogP) is 2.64. The highest BCUT2D eigenvalue weighted by molar-refractivity contribution is 7.09. The van der Waals surface area contributed by atoms with E-state index in [0.29, 0.717) is 18.9 Å². The molecule has 1 unspecified atom stereocenters. The van der Waals surface area contributed by atoms with Gasteiger partial charge in [0.25, 0.3) is 0 Å². The summed E-state index contributed by atoms with van der Waals surface area (Å²) < 4.78 is 0. The van der Waals surface area contributed by atoms with Gasteiger partial charge in [0, 0.05) is 18.3 Å². The molecule has 2 heterocycles. The number of nitrogens with one attached hydrogen (secondary N) is 1. The number of rotatable bonds is 5. The van der Waals surface area contributed by atoms with Crippen LogP contribution in [0.4, 0.5) is 0 Å². The van der Waals surface area contributed by atoms with Crippen molar-refractivity contribution in [2.24, 2.45) is 5.92 Å². The van der Waals surface area contributed by atoms with E-state index in [1.807, 2.05) is 12.3 Å². The first-order valence-corrected chi connectivity index (χ1v) is 9.49. The van der Waals surface area contributed by atoms with Crippen LogP contribution in [0.15, 0.2) is 5.38 Å². The number of carbonyl (C=O) groups is 2. The van der Waals surface area contributed by atoms with Crippen molar-refractivity contribution < 1.29 is 9.59 Å². The van der Waals surface area contributed by atoms with Crippen LogP contribution in [0.5, 0.6) is 0 Å². The third-order valence-corrected chi connectivity index (χ3v) is 5.75. The fourth-order valence-corrected chi connectivity index (χ4v) is 4.31. The summed E-state index contributed by atoms with van der Waals surface area (Å²) >= 11 is 1.58. The summed E-state index contributed by atoms with van der Waals surface area (Å²) in [6, 6.07) is -0.288. The van der Waals surface area contributed by atoms with Crippen LogP contribution in [-0.4, -0.2) is 34.3 Å². The minimum absolute atomic E-state index is 0.0343. The van der Waals surface area contributed by atoms with Crippen LogP contribution >= 0.6 is 11.3 Å². The maximum atomic E-state index is 12.5. The molecule has 0 spiro atoms. The van der Waals surface area contributed by atoms with Crippen LogP contribution < -0.4 is 5.32 Å². The Labute approximate surface area is 141 Å². The third kappa shape index (κ3) is 4.10. The first kappa shape index (κ1) is 16.4. The zero-order valence-electron chi connectivity index (χ0n) is 13.7. The Bertz CT molecular complexity index is 566. The molecule has 1 atom stereocenters. The maximum Gasteiger partial charge on any atom is 0.243 e. The highest BCUT2D eigenvalue weighted by Gasteiger charge is 2.34. The molecule has 126 valence electrons. The Morgan fingerprint density at radius 2 is 2.09 bits per heavy atom. The molecule has 1 N–H and O–H groups in total. The van der Waals surface area contributed by atoms with Gasteiger partial charge in [0.1, 0.15) is 6.04 Å². The van der Waals surface area contributed by atoms with Gasteiger partial charge < -0.3 is 10.2 Å². The maximum absolute atomic E-state index is 12.5. The number of nitrogens with zero attached hydrogens (tertiary/aromatic N) is 2. The molecule has 0 aromatic carbocycles. The van der Waals surface area contributed by atoms with E-state index < -0.39 is 0 Å². The van der Waals surface area contributed by atoms with Gasteiger partial charge in [0.05, 0.1) is 17.2 Å². The lowest BCUT2D eigenvalue weighted by Crippen LogP contribution is -2.46. The standard InChI is InChI=1S/C17H25N3O2S/c1-12-19-14(11-23-12)10-18-17(22)15-7-4-8-20(15)16(21)9-13-5-2-3-6-13/h11,13,15H,2-10H2,1H3,(H,18,22). The zero-order chi connectivity index (χ0) is 16.2. The molecule has 1 aliphatic heterocycles. The van der Waals surface area contributed by atoms with E-state index in [1.165, 1.54) is 25.7 Å². The fourth-order valence-electron chi connectivity index (χ4n) is 3.70. The van der Waals surface area contributed by atoms with Gasteiger partial charge in [-0.25, -0.2) is 4.98 Å². The molecule has 1 aliphatic carbocycles. The van der Waals surface area contributed by atoms with Gasteiger partial charge in [-0.15, -0.1) is 11.3 Å². The quantitative estimate of drug-likeness (QED) is 0.900. The van der Waals surface area contributed by atoms with Crippen molar-refractivity contribution in [3.63, 3.8) is 0 Å². The van der Waals surface area contributed by atoms with Crippen LogP contribution in [0.25, 0.3) is 0 Å². The summed E-state index contributed by atoms with van der Waals surface area (Å²) in [7, 11) is 0. The fraction of sp³-hybridized carbons (Fsp3) is 0.706. The largest absolute Gasteiger partial charge is 0.349 e. The van der Waals surface area contributed by atoms with Gasteiger partial charge in [0.15, 0.2) is 0 Å². The second-order valence-electron chi connectivity index (χ2n) is 6.68. The van der Waals surface area contributed by atoms with Crippen molar-refractivity contribution in [3.8, 4) is 0 Å². The molecule has 1 saturated heterocycles. The molecule has 5 nitrogen and oxygen atoms in total. The van der Waals surface area contributed by atoms with E-state index in [-0.39, 0.29) is 17.9 Å². The smallest absolute Gasteiger partial charge is 0.243 e. The summed E-state index contributed by atoms with van der Waals surface area (Å²) in [4.78, 5) is 31.1. The van der Waals surface area contributed by atoms with Crippen molar-refractivity contribution in [2.75, 3.05) is 6.54 Å². The minimum Gasteiger partial charge on any atom is -0.349 e. The molecule has 23 heavy (non-hydrogen) atoms. The first-order chi connectivity index (χ1) is 11.1. The SMILES string of the molecule is Cc1nc(CNC(=O)C2CCCN2C(=O)CC2CCCC2)cs1. The average molecular weight is 335 g/mol. The summed E-state index contributed by atoms with van der Waals surface area (Å²) in [5.41, 5.74) is 0.891. The van der Waals surface area contributed by atoms with Crippen molar-refractivity contribution >= 4 is 23.2 Å². The second kappa shape index (κ2) is 7.43. The molecular formula is C17H25N3O2S. The minimum atomic E-state index is -0.288. The highest BCUT2D eigenvalue weighted by atomic mass is 32.1. The molecular weight excluding hydrogens is 310 g/mol. The molecule has 3 rings (SSSR count). The third-order valence-electron chi connectivity index (χ3n) is 4.92. The number of hydrogen-bond donors (Lipinski definition) is 1. The van der Waals surface area contributed by atoms with Gasteiger partial charge >= 0.3 is 0 Å². The van der Waals surface area contributed by atoms with Crippen LogP contribution in [0.1, 0.15) is 55.6 Å². The number of carbonyl (C=O) groups excluding carboxylic acids is 2. The van der Waals surface area contributed by atoms with E-state index in [0.717, 1.165) is 30.1 Å². The zero-order valence-corrected chi connectivity index (χ0v) is 14.5. The van der Waals surface area contributed by atoms with Crippen LogP contribution in [0, 0.1) is 12.8 Å². The van der Waals surface area contributed by atoms with Gasteiger partial charge in [-0.3, -0.25) is 9.59 Å². The van der Waals surface area contributed by atoms with Crippen LogP contribution in [0.2, 0.25) is 0 Å². The van der Waals surface area contributed by atoms with E-state index in [2.05, 4.69) is 10.3 Å². The van der Waals surface area contributed by atoms with Crippen LogP contribution in [0.3, 0.4) is 0 Å². The number of amides is 2. The van der Waals surface area contributed by atoms with E-state index >= 15 is 0 Å². The molecule has 2 amide bonds. The number of aromatic nitrogens is 1. The van der Waals surface area contributed by atoms with Gasteiger partial charge in [0.2, 0.25) is 11.8 Å². The Kier molecular flexibility index (Phi) is 5.30. The van der Waals surface area contributed by atoms with Crippen molar-refractivity contribution in [1.29, 1.82) is 0 Å². The normalized spacial score (nSPS) is 21.8. The van der Waals surface area contributed by atoms with Gasteiger partial charge in [-0.1, -0.05) is 12.8 Å². The molecule has 2 aliphatic rings. The predicted molar refractivity (Wildman–Crippen MR) is 90.0 cm³/mol. The summed E-state index contributed by atoms with van der Waals surface area (Å²) in [6.45, 7) is 3.13. The molecule has 0 radical (unpaired) electrons. The van der Waals surface area contributed by atoms with Crippen LogP contribution in [-0.2, 0) is 16.1 Å². The average Bonchev–Trinajstić information content (AvgIpc) is 3.26. The van der Waals surface area contributed by atoms with E-state index in [9.17, 15) is 9.59 Å². The van der Waals surface area contributed by atoms with Crippen molar-refractivity contribution in [1.82, 2.24) is 15.2 Å². The van der Waals surface area contributed by atoms with E-state index in [1.54, 1.807) is 16.2 Å². The lowest BCUT2D eigenvalue weighted by Gasteiger charge is -2.25. The number of thiazole rings is 1. The molecule has 1 saturated carbocycles. The van der Waals surface area contributed by atoms with Gasteiger partial charge in [-0.05, 0) is 38.5 Å². The molecule has 2 fully saturated rings. The summed E-state index contributed by atoms with van der Waals surface area (Å²) in [6.07, 6.45) is 7.14. The number of hydrogen-bond acceptors (Lipinski definition) is 4. The molecule has 6 heteroatoms. The van der Waals surface area contributed by atoms with E-state index in [4.69, 9.17) is 0 Å². The Balaban J connectivity index is 1.52. The first-order valence-electron chi connectivity index (χ1n) is 8.61. The van der Waals surface area contributed by atoms with Crippen molar-refractivity contribution in [2.45, 2.75) is 64.5 Å². The molecule has 1 aromatic heterocycles. The van der Waals surface area contributed by atoms with Gasteiger partial charge in [-0.2, -0.15) is 0 Å². The topological polar surface area (TPSA) is 62.3 Å². The summed E-state index contributed by atoms with van der Waals surface area (Å²) in [5, 5.41) is 5.91.